The third kappa shape index (κ3) is 3.20. The highest BCUT2D eigenvalue weighted by molar-refractivity contribution is 7.92. The number of carbonyl (C=O) groups excluding carboxylic acids is 1. The van der Waals surface area contributed by atoms with Crippen LogP contribution in [0, 0.1) is 12.8 Å². The Kier molecular flexibility index (Phi) is 4.18. The van der Waals surface area contributed by atoms with E-state index >= 15 is 0 Å². The number of rotatable bonds is 4. The summed E-state index contributed by atoms with van der Waals surface area (Å²) in [7, 11) is -3.07. The van der Waals surface area contributed by atoms with Crippen LogP contribution in [0.1, 0.15) is 29.8 Å². The zero-order chi connectivity index (χ0) is 14.9. The zero-order valence-corrected chi connectivity index (χ0v) is 13.0. The molecule has 2 rings (SSSR count). The van der Waals surface area contributed by atoms with Gasteiger partial charge in [-0.15, -0.1) is 0 Å². The van der Waals surface area contributed by atoms with E-state index in [0.29, 0.717) is 18.7 Å². The quantitative estimate of drug-likeness (QED) is 0.852. The Hall–Kier alpha value is -1.36. The van der Waals surface area contributed by atoms with Crippen molar-refractivity contribution in [3.05, 3.63) is 35.4 Å². The van der Waals surface area contributed by atoms with E-state index in [1.807, 2.05) is 39.0 Å². The molecular weight excluding hydrogens is 274 g/mol. The Morgan fingerprint density at radius 1 is 1.35 bits per heavy atom. The monoisotopic (exact) mass is 295 g/mol. The molecule has 4 nitrogen and oxygen atoms in total. The Balaban J connectivity index is 1.98. The lowest BCUT2D eigenvalue weighted by Gasteiger charge is -2.39. The molecule has 110 valence electrons. The number of carbonyl (C=O) groups is 1. The molecule has 0 saturated carbocycles. The minimum absolute atomic E-state index is 0.0790. The number of likely N-dealkylation sites (tertiary alicyclic amines) is 1. The molecule has 0 radical (unpaired) electrons. The molecular formula is C15H21NO3S. The molecule has 1 saturated heterocycles. The van der Waals surface area contributed by atoms with E-state index in [0.717, 1.165) is 5.56 Å². The maximum Gasteiger partial charge on any atom is 0.253 e. The van der Waals surface area contributed by atoms with Crippen LogP contribution in [0.2, 0.25) is 0 Å². The molecule has 1 amide bonds. The normalized spacial score (nSPS) is 16.3. The lowest BCUT2D eigenvalue weighted by Crippen LogP contribution is -2.57. The van der Waals surface area contributed by atoms with Gasteiger partial charge in [0.2, 0.25) is 0 Å². The first kappa shape index (κ1) is 15.0. The van der Waals surface area contributed by atoms with E-state index in [9.17, 15) is 13.2 Å². The van der Waals surface area contributed by atoms with Gasteiger partial charge in [0, 0.05) is 18.7 Å². The van der Waals surface area contributed by atoms with Gasteiger partial charge in [0.15, 0.2) is 9.84 Å². The Morgan fingerprint density at radius 3 is 2.55 bits per heavy atom. The van der Waals surface area contributed by atoms with E-state index in [-0.39, 0.29) is 17.6 Å². The molecule has 0 aliphatic carbocycles. The summed E-state index contributed by atoms with van der Waals surface area (Å²) in [6.45, 7) is 6.37. The highest BCUT2D eigenvalue weighted by Gasteiger charge is 2.39. The number of hydrogen-bond acceptors (Lipinski definition) is 3. The van der Waals surface area contributed by atoms with Crippen LogP contribution in [0.5, 0.6) is 0 Å². The van der Waals surface area contributed by atoms with Crippen LogP contribution in [0.3, 0.4) is 0 Å². The zero-order valence-electron chi connectivity index (χ0n) is 12.2. The molecule has 1 aromatic carbocycles. The largest absolute Gasteiger partial charge is 0.336 e. The Morgan fingerprint density at radius 2 is 2.00 bits per heavy atom. The van der Waals surface area contributed by atoms with Crippen molar-refractivity contribution in [2.45, 2.75) is 26.0 Å². The summed E-state index contributed by atoms with van der Waals surface area (Å²) in [5, 5.41) is -0.390. The Labute approximate surface area is 120 Å². The third-order valence-electron chi connectivity index (χ3n) is 3.47. The summed E-state index contributed by atoms with van der Waals surface area (Å²) in [6, 6.07) is 7.38. The van der Waals surface area contributed by atoms with Crippen LogP contribution >= 0.6 is 0 Å². The third-order valence-corrected chi connectivity index (χ3v) is 5.92. The Bertz CT molecular complexity index is 601. The SMILES string of the molecule is Cc1cccc(C(=O)N2CC(S(=O)(=O)CC(C)C)C2)c1. The number of sulfone groups is 1. The molecule has 1 aliphatic rings. The first-order valence-electron chi connectivity index (χ1n) is 6.87. The van der Waals surface area contributed by atoms with Crippen molar-refractivity contribution < 1.29 is 13.2 Å². The van der Waals surface area contributed by atoms with Gasteiger partial charge in [-0.2, -0.15) is 0 Å². The molecule has 0 atom stereocenters. The van der Waals surface area contributed by atoms with Crippen molar-refractivity contribution >= 4 is 15.7 Å². The number of benzene rings is 1. The van der Waals surface area contributed by atoms with Crippen molar-refractivity contribution in [2.75, 3.05) is 18.8 Å². The summed E-state index contributed by atoms with van der Waals surface area (Å²) < 4.78 is 24.1. The van der Waals surface area contributed by atoms with Crippen LogP contribution in [0.25, 0.3) is 0 Å². The fourth-order valence-electron chi connectivity index (χ4n) is 2.39. The average Bonchev–Trinajstić information content (AvgIpc) is 2.24. The molecule has 0 bridgehead atoms. The second-order valence-corrected chi connectivity index (χ2v) is 8.25. The summed E-state index contributed by atoms with van der Waals surface area (Å²) in [4.78, 5) is 13.8. The van der Waals surface area contributed by atoms with Crippen molar-refractivity contribution in [1.82, 2.24) is 4.90 Å². The molecule has 20 heavy (non-hydrogen) atoms. The lowest BCUT2D eigenvalue weighted by molar-refractivity contribution is 0.0658. The fourth-order valence-corrected chi connectivity index (χ4v) is 4.41. The van der Waals surface area contributed by atoms with Gasteiger partial charge in [0.05, 0.1) is 11.0 Å². The lowest BCUT2D eigenvalue weighted by atomic mass is 10.1. The second-order valence-electron chi connectivity index (χ2n) is 5.92. The highest BCUT2D eigenvalue weighted by Crippen LogP contribution is 2.21. The number of amides is 1. The van der Waals surface area contributed by atoms with Gasteiger partial charge >= 0.3 is 0 Å². The van der Waals surface area contributed by atoms with E-state index in [1.165, 1.54) is 0 Å². The van der Waals surface area contributed by atoms with Crippen molar-refractivity contribution in [3.63, 3.8) is 0 Å². The predicted octanol–water partition coefficient (Wildman–Crippen LogP) is 1.89. The molecule has 0 unspecified atom stereocenters. The van der Waals surface area contributed by atoms with Gasteiger partial charge in [0.25, 0.3) is 5.91 Å². The summed E-state index contributed by atoms with van der Waals surface area (Å²) in [5.41, 5.74) is 1.66. The standard InChI is InChI=1S/C15H21NO3S/c1-11(2)10-20(18,19)14-8-16(9-14)15(17)13-6-4-5-12(3)7-13/h4-7,11,14H,8-10H2,1-3H3. The van der Waals surface area contributed by atoms with Gasteiger partial charge in [0.1, 0.15) is 0 Å². The first-order chi connectivity index (χ1) is 9.29. The number of nitrogens with zero attached hydrogens (tertiary/aromatic N) is 1. The van der Waals surface area contributed by atoms with E-state index in [2.05, 4.69) is 0 Å². The van der Waals surface area contributed by atoms with Gasteiger partial charge < -0.3 is 4.90 Å². The number of hydrogen-bond donors (Lipinski definition) is 0. The summed E-state index contributed by atoms with van der Waals surface area (Å²) in [5.74, 6) is 0.246. The fraction of sp³-hybridized carbons (Fsp3) is 0.533. The molecule has 0 N–H and O–H groups in total. The van der Waals surface area contributed by atoms with Gasteiger partial charge in [-0.25, -0.2) is 8.42 Å². The molecule has 0 aromatic heterocycles. The molecule has 1 fully saturated rings. The summed E-state index contributed by atoms with van der Waals surface area (Å²) in [6.07, 6.45) is 0. The van der Waals surface area contributed by atoms with Crippen LogP contribution in [-0.4, -0.2) is 43.3 Å². The smallest absolute Gasteiger partial charge is 0.253 e. The maximum absolute atomic E-state index is 12.2. The minimum atomic E-state index is -3.07. The number of aryl methyl sites for hydroxylation is 1. The average molecular weight is 295 g/mol. The topological polar surface area (TPSA) is 54.5 Å². The molecule has 1 aliphatic heterocycles. The molecule has 1 aromatic rings. The molecule has 1 heterocycles. The molecule has 5 heteroatoms. The van der Waals surface area contributed by atoms with Crippen LogP contribution in [0.15, 0.2) is 24.3 Å². The predicted molar refractivity (Wildman–Crippen MR) is 79.5 cm³/mol. The highest BCUT2D eigenvalue weighted by atomic mass is 32.2. The van der Waals surface area contributed by atoms with Crippen LogP contribution in [-0.2, 0) is 9.84 Å². The second kappa shape index (κ2) is 5.56. The van der Waals surface area contributed by atoms with E-state index in [1.54, 1.807) is 11.0 Å². The first-order valence-corrected chi connectivity index (χ1v) is 8.58. The van der Waals surface area contributed by atoms with Crippen molar-refractivity contribution in [3.8, 4) is 0 Å². The minimum Gasteiger partial charge on any atom is -0.336 e. The van der Waals surface area contributed by atoms with E-state index in [4.69, 9.17) is 0 Å². The van der Waals surface area contributed by atoms with Crippen LogP contribution < -0.4 is 0 Å². The van der Waals surface area contributed by atoms with Crippen molar-refractivity contribution in [1.29, 1.82) is 0 Å². The van der Waals surface area contributed by atoms with Crippen LogP contribution in [0.4, 0.5) is 0 Å². The van der Waals surface area contributed by atoms with E-state index < -0.39 is 15.1 Å². The summed E-state index contributed by atoms with van der Waals surface area (Å²) >= 11 is 0. The van der Waals surface area contributed by atoms with Gasteiger partial charge in [-0.3, -0.25) is 4.79 Å². The van der Waals surface area contributed by atoms with Crippen molar-refractivity contribution in [2.24, 2.45) is 5.92 Å². The van der Waals surface area contributed by atoms with Gasteiger partial charge in [-0.05, 0) is 25.0 Å². The maximum atomic E-state index is 12.2. The molecule has 0 spiro atoms. The van der Waals surface area contributed by atoms with Gasteiger partial charge in [-0.1, -0.05) is 31.5 Å².